The van der Waals surface area contributed by atoms with Crippen LogP contribution in [-0.2, 0) is 6.54 Å². The number of benzene rings is 1. The number of ether oxygens (including phenoxy) is 1. The van der Waals surface area contributed by atoms with Crippen molar-refractivity contribution >= 4 is 11.9 Å². The Balaban J connectivity index is 1.78. The summed E-state index contributed by atoms with van der Waals surface area (Å²) in [5, 5.41) is 0. The molecule has 2 aromatic rings. The van der Waals surface area contributed by atoms with Crippen LogP contribution in [0, 0.1) is 0 Å². The second kappa shape index (κ2) is 7.00. The molecule has 0 bridgehead atoms. The molecule has 0 radical (unpaired) electrons. The number of anilines is 2. The van der Waals surface area contributed by atoms with Crippen molar-refractivity contribution in [3.05, 3.63) is 35.7 Å². The van der Waals surface area contributed by atoms with Gasteiger partial charge >= 0.3 is 0 Å². The molecule has 2 N–H and O–H groups in total. The van der Waals surface area contributed by atoms with Crippen molar-refractivity contribution < 1.29 is 4.74 Å². The van der Waals surface area contributed by atoms with Crippen molar-refractivity contribution in [2.24, 2.45) is 0 Å². The van der Waals surface area contributed by atoms with Crippen molar-refractivity contribution in [2.45, 2.75) is 25.4 Å². The van der Waals surface area contributed by atoms with E-state index in [1.165, 1.54) is 5.56 Å². The van der Waals surface area contributed by atoms with Crippen LogP contribution in [0.5, 0.6) is 5.75 Å². The van der Waals surface area contributed by atoms with E-state index in [0.29, 0.717) is 24.4 Å². The summed E-state index contributed by atoms with van der Waals surface area (Å²) in [4.78, 5) is 17.2. The first-order valence-electron chi connectivity index (χ1n) is 8.12. The quantitative estimate of drug-likeness (QED) is 0.897. The number of nitrogens with zero attached hydrogens (tertiary/aromatic N) is 5. The van der Waals surface area contributed by atoms with Crippen molar-refractivity contribution in [3.8, 4) is 5.75 Å². The molecule has 24 heavy (non-hydrogen) atoms. The zero-order valence-electron chi connectivity index (χ0n) is 14.4. The Morgan fingerprint density at radius 1 is 1.21 bits per heavy atom. The number of hydrogen-bond donors (Lipinski definition) is 1. The summed E-state index contributed by atoms with van der Waals surface area (Å²) < 4.78 is 5.24. The predicted octanol–water partition coefficient (Wildman–Crippen LogP) is 1.87. The molecule has 0 saturated carbocycles. The molecule has 1 aromatic heterocycles. The topological polar surface area (TPSA) is 80.4 Å². The Morgan fingerprint density at radius 2 is 1.96 bits per heavy atom. The van der Waals surface area contributed by atoms with Crippen LogP contribution in [-0.4, -0.2) is 47.6 Å². The maximum atomic E-state index is 5.83. The van der Waals surface area contributed by atoms with Gasteiger partial charge in [-0.25, -0.2) is 0 Å². The van der Waals surface area contributed by atoms with Gasteiger partial charge < -0.3 is 15.4 Å². The summed E-state index contributed by atoms with van der Waals surface area (Å²) in [6.45, 7) is 1.70. The number of likely N-dealkylation sites (tertiary alicyclic amines) is 1. The fourth-order valence-corrected chi connectivity index (χ4v) is 3.10. The van der Waals surface area contributed by atoms with E-state index in [-0.39, 0.29) is 5.95 Å². The van der Waals surface area contributed by atoms with Crippen LogP contribution in [0.15, 0.2) is 24.3 Å². The first-order valence-corrected chi connectivity index (χ1v) is 8.12. The largest absolute Gasteiger partial charge is 0.497 e. The number of aromatic nitrogens is 3. The zero-order chi connectivity index (χ0) is 17.1. The smallest absolute Gasteiger partial charge is 0.229 e. The van der Waals surface area contributed by atoms with Gasteiger partial charge in [-0.1, -0.05) is 12.1 Å². The summed E-state index contributed by atoms with van der Waals surface area (Å²) in [5.74, 6) is 2.46. The lowest BCUT2D eigenvalue weighted by molar-refractivity contribution is 0.242. The minimum absolute atomic E-state index is 0.267. The van der Waals surface area contributed by atoms with Crippen LogP contribution in [0.4, 0.5) is 11.9 Å². The molecule has 1 atom stereocenters. The molecule has 1 unspecified atom stereocenters. The lowest BCUT2D eigenvalue weighted by Gasteiger charge is -2.24. The van der Waals surface area contributed by atoms with Gasteiger partial charge in [0.25, 0.3) is 0 Å². The van der Waals surface area contributed by atoms with Gasteiger partial charge in [0.2, 0.25) is 11.9 Å². The summed E-state index contributed by atoms with van der Waals surface area (Å²) in [5.41, 5.74) is 7.12. The van der Waals surface area contributed by atoms with E-state index in [2.05, 4.69) is 32.0 Å². The molecule has 7 nitrogen and oxygen atoms in total. The molecule has 0 amide bonds. The molecule has 3 rings (SSSR count). The maximum Gasteiger partial charge on any atom is 0.229 e. The highest BCUT2D eigenvalue weighted by Crippen LogP contribution is 2.33. The van der Waals surface area contributed by atoms with Crippen molar-refractivity contribution in [1.29, 1.82) is 0 Å². The highest BCUT2D eigenvalue weighted by atomic mass is 16.5. The number of hydrogen-bond acceptors (Lipinski definition) is 7. The van der Waals surface area contributed by atoms with E-state index in [0.717, 1.165) is 25.1 Å². The SMILES string of the molecule is COc1ccc(C2CCCN2Cc2nc(N)nc(N(C)C)n2)cc1. The highest BCUT2D eigenvalue weighted by molar-refractivity contribution is 5.33. The molecule has 1 saturated heterocycles. The Hall–Kier alpha value is -2.41. The maximum absolute atomic E-state index is 5.83. The van der Waals surface area contributed by atoms with Gasteiger partial charge in [0.15, 0.2) is 0 Å². The van der Waals surface area contributed by atoms with E-state index in [1.54, 1.807) is 7.11 Å². The highest BCUT2D eigenvalue weighted by Gasteiger charge is 2.27. The molecule has 1 aliphatic rings. The van der Waals surface area contributed by atoms with Crippen LogP contribution < -0.4 is 15.4 Å². The number of nitrogen functional groups attached to an aromatic ring is 1. The molecule has 7 heteroatoms. The second-order valence-corrected chi connectivity index (χ2v) is 6.21. The normalized spacial score (nSPS) is 17.9. The fourth-order valence-electron chi connectivity index (χ4n) is 3.10. The van der Waals surface area contributed by atoms with Gasteiger partial charge in [-0.05, 0) is 37.1 Å². The van der Waals surface area contributed by atoms with E-state index < -0.39 is 0 Å². The third-order valence-electron chi connectivity index (χ3n) is 4.30. The molecule has 1 aliphatic heterocycles. The van der Waals surface area contributed by atoms with Gasteiger partial charge in [0.1, 0.15) is 11.6 Å². The lowest BCUT2D eigenvalue weighted by Crippen LogP contribution is -2.25. The minimum Gasteiger partial charge on any atom is -0.497 e. The molecule has 0 aliphatic carbocycles. The van der Waals surface area contributed by atoms with E-state index in [9.17, 15) is 0 Å². The standard InChI is InChI=1S/C17H24N6O/c1-22(2)17-20-15(19-16(18)21-17)11-23-10-4-5-14(23)12-6-8-13(24-3)9-7-12/h6-9,14H,4-5,10-11H2,1-3H3,(H2,18,19,20,21). The average molecular weight is 328 g/mol. The Bertz CT molecular complexity index is 688. The zero-order valence-corrected chi connectivity index (χ0v) is 14.4. The van der Waals surface area contributed by atoms with Crippen LogP contribution in [0.1, 0.15) is 30.3 Å². The van der Waals surface area contributed by atoms with Crippen molar-refractivity contribution in [1.82, 2.24) is 19.9 Å². The number of methoxy groups -OCH3 is 1. The fraction of sp³-hybridized carbons (Fsp3) is 0.471. The van der Waals surface area contributed by atoms with Gasteiger partial charge in [0.05, 0.1) is 13.7 Å². The average Bonchev–Trinajstić information content (AvgIpc) is 3.02. The van der Waals surface area contributed by atoms with E-state index in [1.807, 2.05) is 31.1 Å². The molecule has 1 fully saturated rings. The van der Waals surface area contributed by atoms with Crippen molar-refractivity contribution in [2.75, 3.05) is 38.4 Å². The first-order chi connectivity index (χ1) is 11.6. The van der Waals surface area contributed by atoms with Crippen LogP contribution in [0.3, 0.4) is 0 Å². The Kier molecular flexibility index (Phi) is 4.80. The molecule has 1 aromatic carbocycles. The minimum atomic E-state index is 0.267. The first kappa shape index (κ1) is 16.4. The van der Waals surface area contributed by atoms with Gasteiger partial charge in [-0.2, -0.15) is 15.0 Å². The van der Waals surface area contributed by atoms with E-state index >= 15 is 0 Å². The monoisotopic (exact) mass is 328 g/mol. The Morgan fingerprint density at radius 3 is 2.62 bits per heavy atom. The van der Waals surface area contributed by atoms with Gasteiger partial charge in [-0.15, -0.1) is 0 Å². The third kappa shape index (κ3) is 3.56. The lowest BCUT2D eigenvalue weighted by atomic mass is 10.0. The Labute approximate surface area is 142 Å². The summed E-state index contributed by atoms with van der Waals surface area (Å²) in [7, 11) is 5.48. The number of nitrogens with two attached hydrogens (primary N) is 1. The van der Waals surface area contributed by atoms with Crippen LogP contribution in [0.25, 0.3) is 0 Å². The predicted molar refractivity (Wildman–Crippen MR) is 93.9 cm³/mol. The van der Waals surface area contributed by atoms with Crippen molar-refractivity contribution in [3.63, 3.8) is 0 Å². The van der Waals surface area contributed by atoms with Crippen LogP contribution >= 0.6 is 0 Å². The van der Waals surface area contributed by atoms with Gasteiger partial charge in [0, 0.05) is 20.1 Å². The van der Waals surface area contributed by atoms with E-state index in [4.69, 9.17) is 10.5 Å². The summed E-state index contributed by atoms with van der Waals surface area (Å²) >= 11 is 0. The summed E-state index contributed by atoms with van der Waals surface area (Å²) in [6, 6.07) is 8.66. The molecule has 128 valence electrons. The van der Waals surface area contributed by atoms with Gasteiger partial charge in [-0.3, -0.25) is 4.90 Å². The van der Waals surface area contributed by atoms with Crippen LogP contribution in [0.2, 0.25) is 0 Å². The second-order valence-electron chi connectivity index (χ2n) is 6.21. The molecular weight excluding hydrogens is 304 g/mol. The molecular formula is C17H24N6O. The summed E-state index contributed by atoms with van der Waals surface area (Å²) in [6.07, 6.45) is 2.30. The number of rotatable bonds is 5. The third-order valence-corrected chi connectivity index (χ3v) is 4.30. The molecule has 0 spiro atoms. The molecule has 2 heterocycles.